The van der Waals surface area contributed by atoms with E-state index in [-0.39, 0.29) is 21.0 Å². The Kier molecular flexibility index (Phi) is 5.05. The molecular weight excluding hydrogens is 446 g/mol. The Labute approximate surface area is 156 Å². The fourth-order valence-electron chi connectivity index (χ4n) is 2.01. The molecule has 1 aromatic carbocycles. The number of fused-ring (bicyclic) bond motifs is 1. The van der Waals surface area contributed by atoms with E-state index in [0.29, 0.717) is 14.3 Å². The van der Waals surface area contributed by atoms with E-state index in [1.54, 1.807) is 11.4 Å². The molecule has 0 radical (unpaired) electrons. The second-order valence-corrected chi connectivity index (χ2v) is 7.73. The van der Waals surface area contributed by atoms with Gasteiger partial charge in [-0.3, -0.25) is 10.1 Å². The van der Waals surface area contributed by atoms with Gasteiger partial charge in [-0.05, 0) is 35.0 Å². The number of nitrogens with zero attached hydrogens (tertiary/aromatic N) is 1. The molecule has 0 saturated heterocycles. The van der Waals surface area contributed by atoms with Crippen LogP contribution in [0, 0.1) is 6.92 Å². The van der Waals surface area contributed by atoms with Crippen molar-refractivity contribution in [2.24, 2.45) is 0 Å². The maximum absolute atomic E-state index is 12.6. The standard InChI is InChI=1S/C14H8BrClF2N2O2S2/c1-5-4-23-14(19-5)20-12(21)11-9(16)8-7(22-13(17)18)3-2-6(15)10(8)24-11/h2-4,13H,1H3,(H,19,20,21). The molecule has 2 heterocycles. The Bertz CT molecular complexity index is 929. The molecule has 3 rings (SSSR count). The number of hydrogen-bond donors (Lipinski definition) is 1. The molecule has 2 aromatic heterocycles. The second-order valence-electron chi connectivity index (χ2n) is 4.62. The molecule has 0 atom stereocenters. The van der Waals surface area contributed by atoms with Gasteiger partial charge in [-0.15, -0.1) is 22.7 Å². The van der Waals surface area contributed by atoms with Crippen LogP contribution in [0.25, 0.3) is 10.1 Å². The molecule has 0 unspecified atom stereocenters. The van der Waals surface area contributed by atoms with Crippen LogP contribution in [0.5, 0.6) is 5.75 Å². The van der Waals surface area contributed by atoms with Gasteiger partial charge in [-0.2, -0.15) is 8.78 Å². The summed E-state index contributed by atoms with van der Waals surface area (Å²) in [4.78, 5) is 16.8. The first-order valence-electron chi connectivity index (χ1n) is 6.45. The summed E-state index contributed by atoms with van der Waals surface area (Å²) in [6.45, 7) is -1.18. The lowest BCUT2D eigenvalue weighted by molar-refractivity contribution is -0.0487. The molecule has 0 aliphatic heterocycles. The highest BCUT2D eigenvalue weighted by Crippen LogP contribution is 2.44. The van der Waals surface area contributed by atoms with E-state index in [0.717, 1.165) is 17.0 Å². The average molecular weight is 454 g/mol. The Morgan fingerprint density at radius 3 is 2.83 bits per heavy atom. The molecule has 0 aliphatic carbocycles. The van der Waals surface area contributed by atoms with Crippen LogP contribution in [0.4, 0.5) is 13.9 Å². The number of ether oxygens (including phenoxy) is 1. The third-order valence-electron chi connectivity index (χ3n) is 2.96. The zero-order valence-corrected chi connectivity index (χ0v) is 15.9. The normalized spacial score (nSPS) is 11.2. The molecule has 0 spiro atoms. The lowest BCUT2D eigenvalue weighted by Crippen LogP contribution is -2.10. The lowest BCUT2D eigenvalue weighted by atomic mass is 10.2. The van der Waals surface area contributed by atoms with Crippen molar-refractivity contribution >= 4 is 71.3 Å². The first-order valence-corrected chi connectivity index (χ1v) is 9.32. The molecular formula is C14H8BrClF2N2O2S2. The number of benzene rings is 1. The third kappa shape index (κ3) is 3.39. The zero-order chi connectivity index (χ0) is 17.4. The van der Waals surface area contributed by atoms with E-state index < -0.39 is 12.5 Å². The molecule has 4 nitrogen and oxygen atoms in total. The third-order valence-corrected chi connectivity index (χ3v) is 6.47. The predicted octanol–water partition coefficient (Wildman–Crippen LogP) is 5.94. The maximum Gasteiger partial charge on any atom is 0.387 e. The van der Waals surface area contributed by atoms with Gasteiger partial charge in [0.25, 0.3) is 5.91 Å². The van der Waals surface area contributed by atoms with Gasteiger partial charge in [-0.1, -0.05) is 11.6 Å². The largest absolute Gasteiger partial charge is 0.434 e. The van der Waals surface area contributed by atoms with Crippen LogP contribution in [-0.2, 0) is 0 Å². The number of thiophene rings is 1. The van der Waals surface area contributed by atoms with Crippen molar-refractivity contribution in [1.82, 2.24) is 4.98 Å². The summed E-state index contributed by atoms with van der Waals surface area (Å²) in [6.07, 6.45) is 0. The zero-order valence-electron chi connectivity index (χ0n) is 11.9. The van der Waals surface area contributed by atoms with Gasteiger partial charge in [0.2, 0.25) is 0 Å². The average Bonchev–Trinajstić information content (AvgIpc) is 3.06. The molecule has 126 valence electrons. The van der Waals surface area contributed by atoms with Crippen molar-refractivity contribution in [3.05, 3.63) is 37.6 Å². The Morgan fingerprint density at radius 2 is 2.21 bits per heavy atom. The minimum atomic E-state index is -2.99. The number of rotatable bonds is 4. The van der Waals surface area contributed by atoms with E-state index in [4.69, 9.17) is 11.6 Å². The summed E-state index contributed by atoms with van der Waals surface area (Å²) < 4.78 is 30.8. The van der Waals surface area contributed by atoms with Crippen LogP contribution in [0.3, 0.4) is 0 Å². The minimum absolute atomic E-state index is 0.0673. The summed E-state index contributed by atoms with van der Waals surface area (Å²) in [5.41, 5.74) is 0.785. The fourth-order valence-corrected chi connectivity index (χ4v) is 4.72. The number of aromatic nitrogens is 1. The SMILES string of the molecule is Cc1csc(NC(=O)c2sc3c(Br)ccc(OC(F)F)c3c2Cl)n1. The van der Waals surface area contributed by atoms with Crippen LogP contribution >= 0.6 is 50.2 Å². The Hall–Kier alpha value is -1.29. The van der Waals surface area contributed by atoms with Gasteiger partial charge in [0.15, 0.2) is 5.13 Å². The Balaban J connectivity index is 2.04. The molecule has 3 aromatic rings. The highest BCUT2D eigenvalue weighted by Gasteiger charge is 2.23. The number of alkyl halides is 2. The van der Waals surface area contributed by atoms with Gasteiger partial charge in [0.05, 0.1) is 20.8 Å². The van der Waals surface area contributed by atoms with Gasteiger partial charge < -0.3 is 4.74 Å². The van der Waals surface area contributed by atoms with E-state index in [9.17, 15) is 13.6 Å². The number of nitrogens with one attached hydrogen (secondary N) is 1. The van der Waals surface area contributed by atoms with E-state index in [1.807, 2.05) is 6.92 Å². The number of carbonyl (C=O) groups excluding carboxylic acids is 1. The molecule has 0 saturated carbocycles. The summed E-state index contributed by atoms with van der Waals surface area (Å²) in [7, 11) is 0. The van der Waals surface area contributed by atoms with E-state index in [2.05, 4.69) is 31.0 Å². The number of anilines is 1. The van der Waals surface area contributed by atoms with Crippen LogP contribution in [0.15, 0.2) is 22.0 Å². The first kappa shape index (κ1) is 17.5. The van der Waals surface area contributed by atoms with Gasteiger partial charge >= 0.3 is 6.61 Å². The maximum atomic E-state index is 12.6. The number of carbonyl (C=O) groups is 1. The minimum Gasteiger partial charge on any atom is -0.434 e. The molecule has 10 heteroatoms. The summed E-state index contributed by atoms with van der Waals surface area (Å²) in [6, 6.07) is 2.95. The van der Waals surface area contributed by atoms with Crippen molar-refractivity contribution in [3.8, 4) is 5.75 Å². The first-order chi connectivity index (χ1) is 11.4. The Morgan fingerprint density at radius 1 is 1.46 bits per heavy atom. The van der Waals surface area contributed by atoms with Crippen LogP contribution in [0.1, 0.15) is 15.4 Å². The molecule has 0 bridgehead atoms. The lowest BCUT2D eigenvalue weighted by Gasteiger charge is -2.07. The van der Waals surface area contributed by atoms with Gasteiger partial charge in [-0.25, -0.2) is 4.98 Å². The van der Waals surface area contributed by atoms with Crippen LogP contribution in [0.2, 0.25) is 5.02 Å². The van der Waals surface area contributed by atoms with Crippen LogP contribution in [-0.4, -0.2) is 17.5 Å². The van der Waals surface area contributed by atoms with Gasteiger partial charge in [0.1, 0.15) is 10.6 Å². The van der Waals surface area contributed by atoms with E-state index >= 15 is 0 Å². The van der Waals surface area contributed by atoms with Crippen molar-refractivity contribution < 1.29 is 18.3 Å². The smallest absolute Gasteiger partial charge is 0.387 e. The quantitative estimate of drug-likeness (QED) is 0.532. The molecule has 1 amide bonds. The highest BCUT2D eigenvalue weighted by atomic mass is 79.9. The van der Waals surface area contributed by atoms with Crippen molar-refractivity contribution in [1.29, 1.82) is 0 Å². The number of hydrogen-bond acceptors (Lipinski definition) is 5. The number of thiazole rings is 1. The highest BCUT2D eigenvalue weighted by molar-refractivity contribution is 9.10. The molecule has 0 fully saturated rings. The summed E-state index contributed by atoms with van der Waals surface area (Å²) >= 11 is 12.0. The summed E-state index contributed by atoms with van der Waals surface area (Å²) in [5, 5.41) is 5.23. The second kappa shape index (κ2) is 6.91. The number of aryl methyl sites for hydroxylation is 1. The predicted molar refractivity (Wildman–Crippen MR) is 96.0 cm³/mol. The van der Waals surface area contributed by atoms with Gasteiger partial charge in [0, 0.05) is 9.85 Å². The number of amides is 1. The molecule has 0 aliphatic rings. The van der Waals surface area contributed by atoms with Crippen LogP contribution < -0.4 is 10.1 Å². The van der Waals surface area contributed by atoms with E-state index in [1.165, 1.54) is 17.4 Å². The summed E-state index contributed by atoms with van der Waals surface area (Å²) in [5.74, 6) is -0.529. The molecule has 24 heavy (non-hydrogen) atoms. The van der Waals surface area contributed by atoms with Crippen molar-refractivity contribution in [2.75, 3.05) is 5.32 Å². The number of halogens is 4. The van der Waals surface area contributed by atoms with Crippen molar-refractivity contribution in [2.45, 2.75) is 13.5 Å². The monoisotopic (exact) mass is 452 g/mol. The topological polar surface area (TPSA) is 51.2 Å². The fraction of sp³-hybridized carbons (Fsp3) is 0.143. The van der Waals surface area contributed by atoms with Crippen molar-refractivity contribution in [3.63, 3.8) is 0 Å². The molecule has 1 N–H and O–H groups in total.